The Balaban J connectivity index is 1.84. The molecule has 0 spiro atoms. The fourth-order valence-corrected chi connectivity index (χ4v) is 6.21. The van der Waals surface area contributed by atoms with Crippen LogP contribution in [0.5, 0.6) is 0 Å². The van der Waals surface area contributed by atoms with Gasteiger partial charge in [-0.1, -0.05) is 12.8 Å². The SMILES string of the molecule is Cc1csc(CNC2CC2)c1S(=O)(=O)N(C)C1CCCC1. The molecule has 2 saturated carbocycles. The molecule has 2 aliphatic carbocycles. The molecule has 1 heterocycles. The van der Waals surface area contributed by atoms with E-state index < -0.39 is 10.0 Å². The van der Waals surface area contributed by atoms with Crippen molar-refractivity contribution in [1.82, 2.24) is 9.62 Å². The maximum atomic E-state index is 13.0. The van der Waals surface area contributed by atoms with Gasteiger partial charge in [0.05, 0.1) is 0 Å². The summed E-state index contributed by atoms with van der Waals surface area (Å²) in [5, 5.41) is 5.41. The highest BCUT2D eigenvalue weighted by molar-refractivity contribution is 7.89. The van der Waals surface area contributed by atoms with Crippen LogP contribution >= 0.6 is 11.3 Å². The number of nitrogens with one attached hydrogen (secondary N) is 1. The largest absolute Gasteiger partial charge is 0.309 e. The Bertz CT molecular complexity index is 599. The highest BCUT2D eigenvalue weighted by atomic mass is 32.2. The Kier molecular flexibility index (Phi) is 4.41. The molecular formula is C15H24N2O2S2. The maximum Gasteiger partial charge on any atom is 0.244 e. The van der Waals surface area contributed by atoms with Crippen molar-refractivity contribution in [2.45, 2.75) is 69.0 Å². The Labute approximate surface area is 131 Å². The molecule has 0 aromatic carbocycles. The zero-order chi connectivity index (χ0) is 15.0. The third kappa shape index (κ3) is 3.18. The first-order valence-electron chi connectivity index (χ1n) is 7.78. The predicted molar refractivity (Wildman–Crippen MR) is 86.1 cm³/mol. The van der Waals surface area contributed by atoms with Gasteiger partial charge >= 0.3 is 0 Å². The molecule has 0 bridgehead atoms. The number of thiophene rings is 1. The summed E-state index contributed by atoms with van der Waals surface area (Å²) in [6.45, 7) is 2.59. The van der Waals surface area contributed by atoms with E-state index in [0.717, 1.165) is 36.1 Å². The predicted octanol–water partition coefficient (Wildman–Crippen LogP) is 2.87. The fourth-order valence-electron chi connectivity index (χ4n) is 3.09. The minimum Gasteiger partial charge on any atom is -0.309 e. The normalized spacial score (nSPS) is 20.5. The van der Waals surface area contributed by atoms with Gasteiger partial charge in [0.1, 0.15) is 4.90 Å². The molecule has 1 N–H and O–H groups in total. The van der Waals surface area contributed by atoms with Crippen LogP contribution in [-0.2, 0) is 16.6 Å². The zero-order valence-corrected chi connectivity index (χ0v) is 14.4. The molecule has 3 rings (SSSR count). The summed E-state index contributed by atoms with van der Waals surface area (Å²) in [4.78, 5) is 1.51. The maximum absolute atomic E-state index is 13.0. The summed E-state index contributed by atoms with van der Waals surface area (Å²) in [7, 11) is -1.61. The first kappa shape index (κ1) is 15.5. The van der Waals surface area contributed by atoms with Crippen LogP contribution in [-0.4, -0.2) is 31.9 Å². The monoisotopic (exact) mass is 328 g/mol. The van der Waals surface area contributed by atoms with Crippen molar-refractivity contribution in [3.63, 3.8) is 0 Å². The molecule has 118 valence electrons. The molecule has 0 saturated heterocycles. The van der Waals surface area contributed by atoms with E-state index in [0.29, 0.717) is 17.5 Å². The number of nitrogens with zero attached hydrogens (tertiary/aromatic N) is 1. The molecule has 2 aliphatic rings. The summed E-state index contributed by atoms with van der Waals surface area (Å²) >= 11 is 1.56. The number of hydrogen-bond donors (Lipinski definition) is 1. The lowest BCUT2D eigenvalue weighted by atomic mass is 10.3. The zero-order valence-electron chi connectivity index (χ0n) is 12.8. The Hall–Kier alpha value is -0.430. The van der Waals surface area contributed by atoms with Crippen molar-refractivity contribution in [3.8, 4) is 0 Å². The summed E-state index contributed by atoms with van der Waals surface area (Å²) < 4.78 is 27.6. The van der Waals surface area contributed by atoms with E-state index in [2.05, 4.69) is 5.32 Å². The lowest BCUT2D eigenvalue weighted by molar-refractivity contribution is 0.372. The topological polar surface area (TPSA) is 49.4 Å². The van der Waals surface area contributed by atoms with E-state index in [1.54, 1.807) is 22.7 Å². The van der Waals surface area contributed by atoms with E-state index >= 15 is 0 Å². The van der Waals surface area contributed by atoms with Gasteiger partial charge in [0, 0.05) is 30.6 Å². The number of rotatable bonds is 6. The van der Waals surface area contributed by atoms with Gasteiger partial charge in [0.25, 0.3) is 0 Å². The lowest BCUT2D eigenvalue weighted by Crippen LogP contribution is -2.36. The Morgan fingerprint density at radius 2 is 1.95 bits per heavy atom. The van der Waals surface area contributed by atoms with Crippen LogP contribution in [0.1, 0.15) is 49.0 Å². The molecule has 0 atom stereocenters. The van der Waals surface area contributed by atoms with Gasteiger partial charge < -0.3 is 5.32 Å². The molecule has 6 heteroatoms. The second-order valence-corrected chi connectivity index (χ2v) is 9.18. The van der Waals surface area contributed by atoms with Crippen molar-refractivity contribution >= 4 is 21.4 Å². The van der Waals surface area contributed by atoms with E-state index in [1.807, 2.05) is 12.3 Å². The third-order valence-corrected chi connectivity index (χ3v) is 7.97. The van der Waals surface area contributed by atoms with Gasteiger partial charge in [-0.2, -0.15) is 4.31 Å². The molecule has 1 aromatic heterocycles. The summed E-state index contributed by atoms with van der Waals surface area (Å²) in [5.41, 5.74) is 0.887. The third-order valence-electron chi connectivity index (χ3n) is 4.59. The molecule has 0 amide bonds. The van der Waals surface area contributed by atoms with Crippen molar-refractivity contribution < 1.29 is 8.42 Å². The molecule has 0 aliphatic heterocycles. The van der Waals surface area contributed by atoms with E-state index in [4.69, 9.17) is 0 Å². The van der Waals surface area contributed by atoms with Gasteiger partial charge in [0.15, 0.2) is 0 Å². The molecule has 0 unspecified atom stereocenters. The van der Waals surface area contributed by atoms with Gasteiger partial charge in [-0.05, 0) is 43.6 Å². The van der Waals surface area contributed by atoms with Crippen molar-refractivity contribution in [2.75, 3.05) is 7.05 Å². The summed E-state index contributed by atoms with van der Waals surface area (Å²) in [6, 6.07) is 0.772. The number of hydrogen-bond acceptors (Lipinski definition) is 4. The first-order chi connectivity index (χ1) is 10.00. The molecule has 4 nitrogen and oxygen atoms in total. The standard InChI is InChI=1S/C15H24N2O2S2/c1-11-10-20-14(9-16-12-7-8-12)15(11)21(18,19)17(2)13-5-3-4-6-13/h10,12-13,16H,3-9H2,1-2H3. The molecule has 21 heavy (non-hydrogen) atoms. The average molecular weight is 329 g/mol. The molecule has 1 aromatic rings. The van der Waals surface area contributed by atoms with Crippen molar-refractivity contribution in [2.24, 2.45) is 0 Å². The second kappa shape index (κ2) is 5.99. The Morgan fingerprint density at radius 3 is 2.57 bits per heavy atom. The van der Waals surface area contributed by atoms with Crippen LogP contribution in [0.2, 0.25) is 0 Å². The first-order valence-corrected chi connectivity index (χ1v) is 10.1. The molecule has 0 radical (unpaired) electrons. The quantitative estimate of drug-likeness (QED) is 0.873. The van der Waals surface area contributed by atoms with E-state index in [1.165, 1.54) is 12.8 Å². The van der Waals surface area contributed by atoms with Crippen LogP contribution in [0.3, 0.4) is 0 Å². The molecular weight excluding hydrogens is 304 g/mol. The van der Waals surface area contributed by atoms with Gasteiger partial charge in [-0.15, -0.1) is 11.3 Å². The van der Waals surface area contributed by atoms with Crippen molar-refractivity contribution in [1.29, 1.82) is 0 Å². The van der Waals surface area contributed by atoms with Gasteiger partial charge in [-0.25, -0.2) is 8.42 Å². The van der Waals surface area contributed by atoms with Crippen molar-refractivity contribution in [3.05, 3.63) is 15.8 Å². The van der Waals surface area contributed by atoms with E-state index in [-0.39, 0.29) is 6.04 Å². The summed E-state index contributed by atoms with van der Waals surface area (Å²) in [6.07, 6.45) is 6.71. The smallest absolute Gasteiger partial charge is 0.244 e. The van der Waals surface area contributed by atoms with Gasteiger partial charge in [-0.3, -0.25) is 0 Å². The highest BCUT2D eigenvalue weighted by Crippen LogP contribution is 2.33. The minimum absolute atomic E-state index is 0.179. The Morgan fingerprint density at radius 1 is 1.29 bits per heavy atom. The molecule has 2 fully saturated rings. The van der Waals surface area contributed by atoms with Gasteiger partial charge in [0.2, 0.25) is 10.0 Å². The lowest BCUT2D eigenvalue weighted by Gasteiger charge is -2.24. The number of sulfonamides is 1. The highest BCUT2D eigenvalue weighted by Gasteiger charge is 2.33. The van der Waals surface area contributed by atoms with E-state index in [9.17, 15) is 8.42 Å². The summed E-state index contributed by atoms with van der Waals surface area (Å²) in [5.74, 6) is 0. The fraction of sp³-hybridized carbons (Fsp3) is 0.733. The minimum atomic E-state index is -3.36. The number of aryl methyl sites for hydroxylation is 1. The van der Waals surface area contributed by atoms with Crippen LogP contribution in [0.4, 0.5) is 0 Å². The van der Waals surface area contributed by atoms with Crippen LogP contribution in [0.25, 0.3) is 0 Å². The van der Waals surface area contributed by atoms with Crippen LogP contribution in [0.15, 0.2) is 10.3 Å². The average Bonchev–Trinajstić information content (AvgIpc) is 2.97. The van der Waals surface area contributed by atoms with Crippen LogP contribution < -0.4 is 5.32 Å². The van der Waals surface area contributed by atoms with Crippen LogP contribution in [0, 0.1) is 6.92 Å². The second-order valence-electron chi connectivity index (χ2n) is 6.29.